The van der Waals surface area contributed by atoms with Gasteiger partial charge in [0.25, 0.3) is 0 Å². The number of hydrogen-bond donors (Lipinski definition) is 0. The number of hydrogen-bond acceptors (Lipinski definition) is 4. The Kier molecular flexibility index (Phi) is 3.77. The van der Waals surface area contributed by atoms with Crippen molar-refractivity contribution in [3.63, 3.8) is 0 Å². The van der Waals surface area contributed by atoms with E-state index in [1.165, 1.54) is 0 Å². The van der Waals surface area contributed by atoms with E-state index in [9.17, 15) is 4.79 Å². The molecule has 6 heteroatoms. The molecule has 0 unspecified atom stereocenters. The maximum Gasteiger partial charge on any atom is 0.410 e. The molecular weight excluding hydrogens is 328 g/mol. The molecule has 24 heavy (non-hydrogen) atoms. The van der Waals surface area contributed by atoms with E-state index in [1.54, 1.807) is 11.9 Å². The molecule has 4 rings (SSSR count). The number of benzene rings is 1. The Balaban J connectivity index is 1.42. The topological polar surface area (TPSA) is 45.9 Å². The summed E-state index contributed by atoms with van der Waals surface area (Å²) in [7, 11) is 1.78. The highest BCUT2D eigenvalue weighted by Gasteiger charge is 2.48. The molecule has 2 aromatic rings. The molecule has 0 N–H and O–H groups in total. The van der Waals surface area contributed by atoms with Crippen molar-refractivity contribution in [2.75, 3.05) is 26.7 Å². The molecule has 1 spiro atoms. The molecule has 0 saturated carbocycles. The number of halogens is 1. The third kappa shape index (κ3) is 2.89. The molecular formula is C18H19ClN2O3. The lowest BCUT2D eigenvalue weighted by Crippen LogP contribution is -2.36. The number of ether oxygens (including phenoxy) is 1. The van der Waals surface area contributed by atoms with Crippen LogP contribution in [0.4, 0.5) is 4.79 Å². The Morgan fingerprint density at radius 2 is 1.96 bits per heavy atom. The van der Waals surface area contributed by atoms with Gasteiger partial charge in [-0.1, -0.05) is 11.6 Å². The summed E-state index contributed by atoms with van der Waals surface area (Å²) in [6.07, 6.45) is 0.647. The third-order valence-corrected chi connectivity index (χ3v) is 4.96. The van der Waals surface area contributed by atoms with Crippen LogP contribution < -0.4 is 0 Å². The summed E-state index contributed by atoms with van der Waals surface area (Å²) >= 11 is 5.92. The lowest BCUT2D eigenvalue weighted by molar-refractivity contribution is 0.0621. The minimum Gasteiger partial charge on any atom is -0.460 e. The van der Waals surface area contributed by atoms with Gasteiger partial charge in [-0.05, 0) is 36.4 Å². The van der Waals surface area contributed by atoms with Crippen molar-refractivity contribution in [3.05, 3.63) is 47.2 Å². The molecule has 2 saturated heterocycles. The van der Waals surface area contributed by atoms with Crippen LogP contribution in [0.3, 0.4) is 0 Å². The SMILES string of the molecule is CN1C[C@@]2(CCN(Cc3ccc(-c4ccc(Cl)cc4)o3)C2)OC1=O. The zero-order valence-electron chi connectivity index (χ0n) is 13.5. The van der Waals surface area contributed by atoms with Gasteiger partial charge in [-0.15, -0.1) is 0 Å². The first-order valence-electron chi connectivity index (χ1n) is 8.04. The molecule has 0 aliphatic carbocycles. The number of rotatable bonds is 3. The average Bonchev–Trinajstić information content (AvgIpc) is 3.22. The summed E-state index contributed by atoms with van der Waals surface area (Å²) in [5.74, 6) is 1.75. The van der Waals surface area contributed by atoms with Crippen LogP contribution >= 0.6 is 11.6 Å². The molecule has 1 amide bonds. The van der Waals surface area contributed by atoms with E-state index in [-0.39, 0.29) is 11.7 Å². The van der Waals surface area contributed by atoms with Crippen LogP contribution in [0.1, 0.15) is 12.2 Å². The maximum absolute atomic E-state index is 11.6. The standard InChI is InChI=1S/C18H19ClN2O3/c1-20-11-18(24-17(20)22)8-9-21(12-18)10-15-6-7-16(23-15)13-2-4-14(19)5-3-13/h2-7H,8-12H2,1H3/t18-/m1/s1. The van der Waals surface area contributed by atoms with Crippen LogP contribution in [-0.4, -0.2) is 48.2 Å². The molecule has 2 aliphatic heterocycles. The normalized spacial score (nSPS) is 24.1. The van der Waals surface area contributed by atoms with Gasteiger partial charge < -0.3 is 14.1 Å². The van der Waals surface area contributed by atoms with Gasteiger partial charge in [0, 0.05) is 37.1 Å². The van der Waals surface area contributed by atoms with Crippen molar-refractivity contribution in [1.29, 1.82) is 0 Å². The molecule has 1 aromatic carbocycles. The molecule has 1 atom stereocenters. The number of nitrogens with zero attached hydrogens (tertiary/aromatic N) is 2. The molecule has 1 aromatic heterocycles. The Bertz CT molecular complexity index is 758. The zero-order valence-corrected chi connectivity index (χ0v) is 14.3. The first kappa shape index (κ1) is 15.5. The van der Waals surface area contributed by atoms with E-state index < -0.39 is 0 Å². The fraction of sp³-hybridized carbons (Fsp3) is 0.389. The van der Waals surface area contributed by atoms with Crippen molar-refractivity contribution in [3.8, 4) is 11.3 Å². The average molecular weight is 347 g/mol. The van der Waals surface area contributed by atoms with Gasteiger partial charge in [0.1, 0.15) is 17.1 Å². The lowest BCUT2D eigenvalue weighted by atomic mass is 10.0. The summed E-state index contributed by atoms with van der Waals surface area (Å²) in [6, 6.07) is 11.6. The quantitative estimate of drug-likeness (QED) is 0.851. The molecule has 3 heterocycles. The van der Waals surface area contributed by atoms with Crippen molar-refractivity contribution in [1.82, 2.24) is 9.80 Å². The highest BCUT2D eigenvalue weighted by atomic mass is 35.5. The number of amides is 1. The molecule has 2 fully saturated rings. The van der Waals surface area contributed by atoms with Crippen molar-refractivity contribution in [2.45, 2.75) is 18.6 Å². The molecule has 0 radical (unpaired) electrons. The summed E-state index contributed by atoms with van der Waals surface area (Å²) < 4.78 is 11.5. The van der Waals surface area contributed by atoms with Crippen molar-refractivity contribution in [2.24, 2.45) is 0 Å². The van der Waals surface area contributed by atoms with Crippen LogP contribution in [-0.2, 0) is 11.3 Å². The number of carbonyl (C=O) groups is 1. The first-order valence-corrected chi connectivity index (χ1v) is 8.42. The van der Waals surface area contributed by atoms with Gasteiger partial charge in [-0.25, -0.2) is 4.79 Å². The van der Waals surface area contributed by atoms with Crippen LogP contribution in [0.5, 0.6) is 0 Å². The van der Waals surface area contributed by atoms with Gasteiger partial charge >= 0.3 is 6.09 Å². The highest BCUT2D eigenvalue weighted by molar-refractivity contribution is 6.30. The predicted molar refractivity (Wildman–Crippen MR) is 90.9 cm³/mol. The van der Waals surface area contributed by atoms with Gasteiger partial charge in [-0.3, -0.25) is 4.90 Å². The number of likely N-dealkylation sites (tertiary alicyclic amines) is 1. The fourth-order valence-corrected chi connectivity index (χ4v) is 3.65. The second-order valence-corrected chi connectivity index (χ2v) is 7.08. The van der Waals surface area contributed by atoms with Crippen LogP contribution in [0.2, 0.25) is 5.02 Å². The minimum absolute atomic E-state index is 0.222. The first-order chi connectivity index (χ1) is 11.5. The predicted octanol–water partition coefficient (Wildman–Crippen LogP) is 3.63. The highest BCUT2D eigenvalue weighted by Crippen LogP contribution is 2.33. The summed E-state index contributed by atoms with van der Waals surface area (Å²) in [6.45, 7) is 3.03. The Morgan fingerprint density at radius 3 is 2.67 bits per heavy atom. The van der Waals surface area contributed by atoms with Crippen molar-refractivity contribution >= 4 is 17.7 Å². The fourth-order valence-electron chi connectivity index (χ4n) is 3.52. The Hall–Kier alpha value is -1.98. The number of furan rings is 1. The van der Waals surface area contributed by atoms with Gasteiger partial charge in [0.15, 0.2) is 0 Å². The number of likely N-dealkylation sites (N-methyl/N-ethyl adjacent to an activating group) is 1. The number of carbonyl (C=O) groups excluding carboxylic acids is 1. The van der Waals surface area contributed by atoms with E-state index in [0.29, 0.717) is 11.6 Å². The van der Waals surface area contributed by atoms with Gasteiger partial charge in [0.05, 0.1) is 13.1 Å². The molecule has 0 bridgehead atoms. The van der Waals surface area contributed by atoms with Gasteiger partial charge in [-0.2, -0.15) is 0 Å². The van der Waals surface area contributed by atoms with E-state index in [2.05, 4.69) is 4.90 Å². The molecule has 2 aliphatic rings. The van der Waals surface area contributed by atoms with Gasteiger partial charge in [0.2, 0.25) is 0 Å². The second kappa shape index (κ2) is 5.83. The minimum atomic E-state index is -0.350. The second-order valence-electron chi connectivity index (χ2n) is 6.64. The van der Waals surface area contributed by atoms with Crippen LogP contribution in [0, 0.1) is 0 Å². The van der Waals surface area contributed by atoms with E-state index in [4.69, 9.17) is 20.8 Å². The third-order valence-electron chi connectivity index (χ3n) is 4.71. The summed E-state index contributed by atoms with van der Waals surface area (Å²) in [4.78, 5) is 15.6. The largest absolute Gasteiger partial charge is 0.460 e. The molecule has 5 nitrogen and oxygen atoms in total. The van der Waals surface area contributed by atoms with E-state index in [1.807, 2.05) is 36.4 Å². The maximum atomic E-state index is 11.6. The summed E-state index contributed by atoms with van der Waals surface area (Å²) in [5, 5.41) is 0.712. The van der Waals surface area contributed by atoms with Crippen molar-refractivity contribution < 1.29 is 13.9 Å². The van der Waals surface area contributed by atoms with E-state index in [0.717, 1.165) is 43.1 Å². The van der Waals surface area contributed by atoms with Crippen LogP contribution in [0.25, 0.3) is 11.3 Å². The zero-order chi connectivity index (χ0) is 16.7. The monoisotopic (exact) mass is 346 g/mol. The lowest BCUT2D eigenvalue weighted by Gasteiger charge is -2.21. The molecule has 126 valence electrons. The van der Waals surface area contributed by atoms with Crippen LogP contribution in [0.15, 0.2) is 40.8 Å². The van der Waals surface area contributed by atoms with E-state index >= 15 is 0 Å². The smallest absolute Gasteiger partial charge is 0.410 e. The Morgan fingerprint density at radius 1 is 1.17 bits per heavy atom. The Labute approximate surface area is 145 Å². The summed E-state index contributed by atoms with van der Waals surface area (Å²) in [5.41, 5.74) is 0.659.